The van der Waals surface area contributed by atoms with E-state index in [4.69, 9.17) is 18.9 Å². The Morgan fingerprint density at radius 2 is 0.906 bits per heavy atom. The van der Waals surface area contributed by atoms with Crippen molar-refractivity contribution in [2.75, 3.05) is 26.4 Å². The highest BCUT2D eigenvalue weighted by Gasteiger charge is 2.44. The summed E-state index contributed by atoms with van der Waals surface area (Å²) >= 11 is 0. The number of hydrogen-bond donors (Lipinski definition) is 4. The first kappa shape index (κ1) is 59.1. The molecule has 0 aromatic rings. The Morgan fingerprint density at radius 1 is 0.500 bits per heavy atom. The molecular formula is C55H92O9. The van der Waals surface area contributed by atoms with E-state index in [1.165, 1.54) is 64.2 Å². The van der Waals surface area contributed by atoms with Gasteiger partial charge in [0.25, 0.3) is 0 Å². The van der Waals surface area contributed by atoms with Crippen molar-refractivity contribution in [3.05, 3.63) is 97.2 Å². The highest BCUT2D eigenvalue weighted by molar-refractivity contribution is 5.69. The van der Waals surface area contributed by atoms with Gasteiger partial charge in [0.1, 0.15) is 30.5 Å². The van der Waals surface area contributed by atoms with Crippen molar-refractivity contribution >= 4 is 5.97 Å². The first-order chi connectivity index (χ1) is 31.4. The van der Waals surface area contributed by atoms with Crippen LogP contribution in [0.25, 0.3) is 0 Å². The average Bonchev–Trinajstić information content (AvgIpc) is 3.30. The predicted octanol–water partition coefficient (Wildman–Crippen LogP) is 12.4. The fourth-order valence-electron chi connectivity index (χ4n) is 7.12. The van der Waals surface area contributed by atoms with Crippen LogP contribution in [0.3, 0.4) is 0 Å². The monoisotopic (exact) mass is 897 g/mol. The number of aliphatic hydroxyl groups is 4. The van der Waals surface area contributed by atoms with Gasteiger partial charge in [-0.2, -0.15) is 0 Å². The van der Waals surface area contributed by atoms with Crippen molar-refractivity contribution in [3.8, 4) is 0 Å². The lowest BCUT2D eigenvalue weighted by molar-refractivity contribution is -0.305. The van der Waals surface area contributed by atoms with Gasteiger partial charge in [0.15, 0.2) is 6.29 Å². The molecule has 0 amide bonds. The van der Waals surface area contributed by atoms with Crippen molar-refractivity contribution in [1.29, 1.82) is 0 Å². The van der Waals surface area contributed by atoms with Crippen LogP contribution in [0.15, 0.2) is 97.2 Å². The van der Waals surface area contributed by atoms with Gasteiger partial charge in [0.05, 0.1) is 19.8 Å². The van der Waals surface area contributed by atoms with E-state index in [1.54, 1.807) is 0 Å². The summed E-state index contributed by atoms with van der Waals surface area (Å²) in [5.74, 6) is -0.341. The van der Waals surface area contributed by atoms with Crippen molar-refractivity contribution in [2.24, 2.45) is 0 Å². The number of carbonyl (C=O) groups excluding carboxylic acids is 1. The Morgan fingerprint density at radius 3 is 1.36 bits per heavy atom. The van der Waals surface area contributed by atoms with E-state index in [0.29, 0.717) is 6.61 Å². The third kappa shape index (κ3) is 35.4. The molecule has 6 atom stereocenters. The van der Waals surface area contributed by atoms with Crippen molar-refractivity contribution in [3.63, 3.8) is 0 Å². The van der Waals surface area contributed by atoms with Crippen LogP contribution in [-0.4, -0.2) is 89.6 Å². The Balaban J connectivity index is 2.22. The molecule has 0 aliphatic carbocycles. The zero-order chi connectivity index (χ0) is 46.4. The minimum atomic E-state index is -1.55. The van der Waals surface area contributed by atoms with Gasteiger partial charge in [-0.15, -0.1) is 0 Å². The molecule has 1 rings (SSSR count). The normalized spacial score (nSPS) is 20.4. The number of aliphatic hydroxyl groups excluding tert-OH is 4. The summed E-state index contributed by atoms with van der Waals surface area (Å²) in [6, 6.07) is 0. The number of carbonyl (C=O) groups is 1. The molecule has 0 spiro atoms. The van der Waals surface area contributed by atoms with E-state index < -0.39 is 43.4 Å². The second kappa shape index (κ2) is 45.3. The minimum Gasteiger partial charge on any atom is -0.457 e. The number of ether oxygens (including phenoxy) is 4. The lowest BCUT2D eigenvalue weighted by Crippen LogP contribution is -2.59. The summed E-state index contributed by atoms with van der Waals surface area (Å²) in [5.41, 5.74) is 0. The topological polar surface area (TPSA) is 135 Å². The van der Waals surface area contributed by atoms with Gasteiger partial charge in [-0.05, 0) is 89.9 Å². The molecule has 1 saturated heterocycles. The molecule has 0 radical (unpaired) electrons. The van der Waals surface area contributed by atoms with E-state index in [2.05, 4.69) is 111 Å². The summed E-state index contributed by atoms with van der Waals surface area (Å²) in [5, 5.41) is 40.2. The van der Waals surface area contributed by atoms with Crippen LogP contribution in [0.5, 0.6) is 0 Å². The maximum Gasteiger partial charge on any atom is 0.306 e. The maximum absolute atomic E-state index is 12.8. The lowest BCUT2D eigenvalue weighted by atomic mass is 9.99. The van der Waals surface area contributed by atoms with Crippen LogP contribution in [0, 0.1) is 0 Å². The van der Waals surface area contributed by atoms with Gasteiger partial charge in [0.2, 0.25) is 0 Å². The van der Waals surface area contributed by atoms with Crippen LogP contribution < -0.4 is 0 Å². The third-order valence-corrected chi connectivity index (χ3v) is 11.0. The molecule has 9 heteroatoms. The SMILES string of the molecule is CC/C=C\C/C=C\C/C=C\C/C=C\CCCCCCCCCCCCCOCC(COC1OC(CO)C(O)C(O)C1O)OC(=O)CCCCCC/C=C\C/C=C\C/C=C\C/C=C\CC. The maximum atomic E-state index is 12.8. The molecule has 366 valence electrons. The molecule has 0 aromatic heterocycles. The molecule has 6 unspecified atom stereocenters. The molecule has 1 heterocycles. The first-order valence-corrected chi connectivity index (χ1v) is 25.3. The molecule has 64 heavy (non-hydrogen) atoms. The Hall–Kier alpha value is -2.89. The van der Waals surface area contributed by atoms with Crippen molar-refractivity contribution in [2.45, 2.75) is 218 Å². The molecule has 0 aromatic carbocycles. The summed E-state index contributed by atoms with van der Waals surface area (Å²) < 4.78 is 22.9. The van der Waals surface area contributed by atoms with Gasteiger partial charge < -0.3 is 39.4 Å². The molecular weight excluding hydrogens is 805 g/mol. The summed E-state index contributed by atoms with van der Waals surface area (Å²) in [4.78, 5) is 12.8. The van der Waals surface area contributed by atoms with Crippen LogP contribution in [0.1, 0.15) is 181 Å². The van der Waals surface area contributed by atoms with Gasteiger partial charge in [-0.25, -0.2) is 0 Å². The van der Waals surface area contributed by atoms with Gasteiger partial charge in [0, 0.05) is 13.0 Å². The largest absolute Gasteiger partial charge is 0.457 e. The van der Waals surface area contributed by atoms with E-state index in [9.17, 15) is 25.2 Å². The average molecular weight is 897 g/mol. The second-order valence-corrected chi connectivity index (χ2v) is 16.8. The Bertz CT molecular complexity index is 1300. The van der Waals surface area contributed by atoms with Crippen LogP contribution >= 0.6 is 0 Å². The standard InChI is InChI=1S/C55H92O9/c1-3-5-7-9-11-13-15-17-19-21-22-23-24-25-26-27-29-31-33-35-37-39-41-43-45-61-47-49(48-62-55-54(60)53(59)52(58)50(46-56)64-55)63-51(57)44-42-40-38-36-34-32-30-28-20-18-16-14-12-10-8-6-4-2/h5-8,11-14,17-20,22-23,30,32,49-50,52-56,58-60H,3-4,9-10,15-16,21,24-29,31,33-48H2,1-2H3/b7-5-,8-6-,13-11-,14-12-,19-17-,20-18-,23-22-,32-30-. The number of hydrogen-bond acceptors (Lipinski definition) is 9. The number of esters is 1. The zero-order valence-electron chi connectivity index (χ0n) is 40.2. The second-order valence-electron chi connectivity index (χ2n) is 16.8. The zero-order valence-corrected chi connectivity index (χ0v) is 40.2. The predicted molar refractivity (Wildman–Crippen MR) is 265 cm³/mol. The fraction of sp³-hybridized carbons (Fsp3) is 0.691. The molecule has 1 aliphatic heterocycles. The van der Waals surface area contributed by atoms with Crippen LogP contribution in [-0.2, 0) is 23.7 Å². The fourth-order valence-corrected chi connectivity index (χ4v) is 7.12. The molecule has 0 saturated carbocycles. The Kier molecular flexibility index (Phi) is 41.8. The van der Waals surface area contributed by atoms with E-state index in [0.717, 1.165) is 96.3 Å². The highest BCUT2D eigenvalue weighted by atomic mass is 16.7. The number of unbranched alkanes of at least 4 members (excludes halogenated alkanes) is 15. The van der Waals surface area contributed by atoms with Gasteiger partial charge in [-0.3, -0.25) is 4.79 Å². The molecule has 9 nitrogen and oxygen atoms in total. The summed E-state index contributed by atoms with van der Waals surface area (Å²) in [7, 11) is 0. The number of allylic oxidation sites excluding steroid dienone is 16. The van der Waals surface area contributed by atoms with Gasteiger partial charge >= 0.3 is 5.97 Å². The van der Waals surface area contributed by atoms with Crippen molar-refractivity contribution < 1.29 is 44.2 Å². The van der Waals surface area contributed by atoms with E-state index in [1.807, 2.05) is 0 Å². The van der Waals surface area contributed by atoms with E-state index in [-0.39, 0.29) is 25.6 Å². The molecule has 0 bridgehead atoms. The van der Waals surface area contributed by atoms with E-state index >= 15 is 0 Å². The molecule has 1 fully saturated rings. The first-order valence-electron chi connectivity index (χ1n) is 25.3. The lowest BCUT2D eigenvalue weighted by Gasteiger charge is -2.39. The molecule has 4 N–H and O–H groups in total. The highest BCUT2D eigenvalue weighted by Crippen LogP contribution is 2.22. The Labute approximate surface area is 390 Å². The van der Waals surface area contributed by atoms with Gasteiger partial charge in [-0.1, -0.05) is 182 Å². The van der Waals surface area contributed by atoms with Crippen LogP contribution in [0.2, 0.25) is 0 Å². The summed E-state index contributed by atoms with van der Waals surface area (Å²) in [6.07, 6.45) is 55.8. The quantitative estimate of drug-likeness (QED) is 0.0268. The van der Waals surface area contributed by atoms with Crippen molar-refractivity contribution in [1.82, 2.24) is 0 Å². The smallest absolute Gasteiger partial charge is 0.306 e. The number of rotatable bonds is 42. The molecule has 1 aliphatic rings. The minimum absolute atomic E-state index is 0.126. The third-order valence-electron chi connectivity index (χ3n) is 11.0. The summed E-state index contributed by atoms with van der Waals surface area (Å²) in [6.45, 7) is 4.28. The van der Waals surface area contributed by atoms with Crippen LogP contribution in [0.4, 0.5) is 0 Å².